The molecule has 0 radical (unpaired) electrons. The van der Waals surface area contributed by atoms with E-state index in [1.165, 1.54) is 4.88 Å². The fourth-order valence-electron chi connectivity index (χ4n) is 1.57. The second-order valence-electron chi connectivity index (χ2n) is 3.78. The van der Waals surface area contributed by atoms with E-state index >= 15 is 0 Å². The largest absolute Gasteiger partial charge is 0.359 e. The van der Waals surface area contributed by atoms with Crippen molar-refractivity contribution in [2.45, 2.75) is 33.2 Å². The third-order valence-electron chi connectivity index (χ3n) is 2.41. The first-order valence-corrected chi connectivity index (χ1v) is 6.24. The highest BCUT2D eigenvalue weighted by molar-refractivity contribution is 7.11. The van der Waals surface area contributed by atoms with Gasteiger partial charge < -0.3 is 10.6 Å². The van der Waals surface area contributed by atoms with Gasteiger partial charge in [-0.25, -0.2) is 4.98 Å². The molecule has 0 spiro atoms. The minimum absolute atomic E-state index is 0.0666. The molecule has 1 amide bonds. The van der Waals surface area contributed by atoms with Crippen LogP contribution in [0.4, 0.5) is 0 Å². The third-order valence-corrected chi connectivity index (χ3v) is 3.67. The van der Waals surface area contributed by atoms with Crippen molar-refractivity contribution in [2.24, 2.45) is 0 Å². The average molecular weight is 241 g/mol. The molecule has 1 rings (SSSR count). The number of hydrogen-bond donors (Lipinski definition) is 2. The van der Waals surface area contributed by atoms with Gasteiger partial charge in [0.2, 0.25) is 5.91 Å². The Morgan fingerprint density at radius 2 is 2.19 bits per heavy atom. The maximum Gasteiger partial charge on any atom is 0.221 e. The lowest BCUT2D eigenvalue weighted by Crippen LogP contribution is -2.26. The highest BCUT2D eigenvalue weighted by Gasteiger charge is 2.12. The van der Waals surface area contributed by atoms with E-state index in [1.54, 1.807) is 18.4 Å². The molecule has 0 aliphatic carbocycles. The van der Waals surface area contributed by atoms with Crippen molar-refractivity contribution in [2.75, 3.05) is 13.6 Å². The topological polar surface area (TPSA) is 54.0 Å². The number of amides is 1. The number of thiazole rings is 1. The number of aromatic nitrogens is 1. The highest BCUT2D eigenvalue weighted by atomic mass is 32.1. The fourth-order valence-corrected chi connectivity index (χ4v) is 2.52. The van der Waals surface area contributed by atoms with Gasteiger partial charge in [0.05, 0.1) is 10.7 Å². The van der Waals surface area contributed by atoms with E-state index < -0.39 is 0 Å². The molecule has 0 aromatic carbocycles. The normalized spacial score (nSPS) is 12.5. The SMILES string of the molecule is CNC(=O)CCNC(C)c1sc(C)nc1C. The molecule has 1 aromatic heterocycles. The van der Waals surface area contributed by atoms with Gasteiger partial charge in [-0.2, -0.15) is 0 Å². The van der Waals surface area contributed by atoms with Crippen LogP contribution in [0.3, 0.4) is 0 Å². The summed E-state index contributed by atoms with van der Waals surface area (Å²) in [6.07, 6.45) is 0.512. The Kier molecular flexibility index (Phi) is 4.89. The molecule has 0 saturated carbocycles. The van der Waals surface area contributed by atoms with Crippen molar-refractivity contribution in [1.82, 2.24) is 15.6 Å². The number of rotatable bonds is 5. The predicted molar refractivity (Wildman–Crippen MR) is 66.7 cm³/mol. The Labute approximate surface area is 100 Å². The zero-order chi connectivity index (χ0) is 12.1. The van der Waals surface area contributed by atoms with Gasteiger partial charge in [-0.1, -0.05) is 0 Å². The smallest absolute Gasteiger partial charge is 0.221 e. The van der Waals surface area contributed by atoms with Gasteiger partial charge in [-0.05, 0) is 20.8 Å². The number of nitrogens with one attached hydrogen (secondary N) is 2. The molecule has 2 N–H and O–H groups in total. The molecule has 16 heavy (non-hydrogen) atoms. The molecule has 0 saturated heterocycles. The van der Waals surface area contributed by atoms with Crippen LogP contribution in [0.2, 0.25) is 0 Å². The molecule has 1 heterocycles. The van der Waals surface area contributed by atoms with Gasteiger partial charge in [-0.3, -0.25) is 4.79 Å². The molecule has 1 unspecified atom stereocenters. The zero-order valence-electron chi connectivity index (χ0n) is 10.3. The second-order valence-corrected chi connectivity index (χ2v) is 5.02. The maximum absolute atomic E-state index is 11.0. The molecule has 0 aliphatic rings. The first-order chi connectivity index (χ1) is 7.54. The Morgan fingerprint density at radius 1 is 1.50 bits per heavy atom. The summed E-state index contributed by atoms with van der Waals surface area (Å²) in [5.74, 6) is 0.0666. The molecule has 1 aromatic rings. The van der Waals surface area contributed by atoms with Gasteiger partial charge in [0, 0.05) is 30.9 Å². The van der Waals surface area contributed by atoms with Crippen molar-refractivity contribution >= 4 is 17.2 Å². The Hall–Kier alpha value is -0.940. The van der Waals surface area contributed by atoms with Crippen LogP contribution >= 0.6 is 11.3 Å². The first kappa shape index (κ1) is 13.1. The molecule has 90 valence electrons. The van der Waals surface area contributed by atoms with Crippen molar-refractivity contribution in [1.29, 1.82) is 0 Å². The van der Waals surface area contributed by atoms with Crippen molar-refractivity contribution in [3.63, 3.8) is 0 Å². The van der Waals surface area contributed by atoms with Gasteiger partial charge in [-0.15, -0.1) is 11.3 Å². The van der Waals surface area contributed by atoms with E-state index in [4.69, 9.17) is 0 Å². The van der Waals surface area contributed by atoms with Crippen molar-refractivity contribution in [3.05, 3.63) is 15.6 Å². The molecule has 0 bridgehead atoms. The van der Waals surface area contributed by atoms with Gasteiger partial charge in [0.1, 0.15) is 0 Å². The van der Waals surface area contributed by atoms with E-state index in [-0.39, 0.29) is 11.9 Å². The lowest BCUT2D eigenvalue weighted by molar-refractivity contribution is -0.120. The minimum Gasteiger partial charge on any atom is -0.359 e. The van der Waals surface area contributed by atoms with E-state index in [9.17, 15) is 4.79 Å². The van der Waals surface area contributed by atoms with E-state index in [1.807, 2.05) is 13.8 Å². The Balaban J connectivity index is 2.43. The average Bonchev–Trinajstić information content (AvgIpc) is 2.57. The van der Waals surface area contributed by atoms with Crippen LogP contribution in [-0.4, -0.2) is 24.5 Å². The molecule has 4 nitrogen and oxygen atoms in total. The summed E-state index contributed by atoms with van der Waals surface area (Å²) in [4.78, 5) is 16.7. The number of hydrogen-bond acceptors (Lipinski definition) is 4. The summed E-state index contributed by atoms with van der Waals surface area (Å²) in [5, 5.41) is 7.02. The molecule has 0 fully saturated rings. The van der Waals surface area contributed by atoms with E-state index in [0.29, 0.717) is 13.0 Å². The highest BCUT2D eigenvalue weighted by Crippen LogP contribution is 2.24. The summed E-state index contributed by atoms with van der Waals surface area (Å²) in [6, 6.07) is 0.260. The monoisotopic (exact) mass is 241 g/mol. The van der Waals surface area contributed by atoms with E-state index in [2.05, 4.69) is 22.5 Å². The van der Waals surface area contributed by atoms with Crippen LogP contribution in [0.1, 0.15) is 35.0 Å². The summed E-state index contributed by atoms with van der Waals surface area (Å²) < 4.78 is 0. The molecule has 5 heteroatoms. The molecule has 1 atom stereocenters. The molecular formula is C11H19N3OS. The van der Waals surface area contributed by atoms with Crippen LogP contribution in [0.5, 0.6) is 0 Å². The van der Waals surface area contributed by atoms with E-state index in [0.717, 1.165) is 10.7 Å². The second kappa shape index (κ2) is 5.96. The number of nitrogens with zero attached hydrogens (tertiary/aromatic N) is 1. The zero-order valence-corrected chi connectivity index (χ0v) is 11.1. The summed E-state index contributed by atoms with van der Waals surface area (Å²) >= 11 is 1.71. The maximum atomic E-state index is 11.0. The van der Waals surface area contributed by atoms with Crippen molar-refractivity contribution < 1.29 is 4.79 Å². The van der Waals surface area contributed by atoms with Crippen LogP contribution in [0.25, 0.3) is 0 Å². The van der Waals surface area contributed by atoms with Crippen LogP contribution in [0.15, 0.2) is 0 Å². The minimum atomic E-state index is 0.0666. The number of carbonyl (C=O) groups excluding carboxylic acids is 1. The van der Waals surface area contributed by atoms with Crippen LogP contribution in [-0.2, 0) is 4.79 Å². The molecule has 0 aliphatic heterocycles. The standard InChI is InChI=1S/C11H19N3OS/c1-7(13-6-5-10(15)12-4)11-8(2)14-9(3)16-11/h7,13H,5-6H2,1-4H3,(H,12,15). The van der Waals surface area contributed by atoms with Crippen LogP contribution in [0, 0.1) is 13.8 Å². The Morgan fingerprint density at radius 3 is 2.69 bits per heavy atom. The third kappa shape index (κ3) is 3.57. The first-order valence-electron chi connectivity index (χ1n) is 5.42. The lowest BCUT2D eigenvalue weighted by atomic mass is 10.2. The summed E-state index contributed by atoms with van der Waals surface area (Å²) in [5.41, 5.74) is 1.09. The number of carbonyl (C=O) groups is 1. The summed E-state index contributed by atoms with van der Waals surface area (Å²) in [7, 11) is 1.66. The lowest BCUT2D eigenvalue weighted by Gasteiger charge is -2.12. The predicted octanol–water partition coefficient (Wildman–Crippen LogP) is 1.55. The van der Waals surface area contributed by atoms with Gasteiger partial charge in [0.15, 0.2) is 0 Å². The van der Waals surface area contributed by atoms with Crippen molar-refractivity contribution in [3.8, 4) is 0 Å². The fraction of sp³-hybridized carbons (Fsp3) is 0.636. The Bertz CT molecular complexity index is 362. The van der Waals surface area contributed by atoms with Crippen LogP contribution < -0.4 is 10.6 Å². The summed E-state index contributed by atoms with van der Waals surface area (Å²) in [6.45, 7) is 6.83. The number of aryl methyl sites for hydroxylation is 2. The van der Waals surface area contributed by atoms with Gasteiger partial charge in [0.25, 0.3) is 0 Å². The molecular weight excluding hydrogens is 222 g/mol. The van der Waals surface area contributed by atoms with Gasteiger partial charge >= 0.3 is 0 Å². The quantitative estimate of drug-likeness (QED) is 0.822.